The molecule has 8 nitrogen and oxygen atoms in total. The minimum atomic E-state index is -0.522. The third-order valence-electron chi connectivity index (χ3n) is 6.13. The van der Waals surface area contributed by atoms with Crippen LogP contribution in [-0.2, 0) is 23.0 Å². The standard InChI is InChI=1S/C28H29N3O5/c1-5-35-21-12-10-20(11-13-21)31-18(2)16-23(19(31)3)25(32)17-36-27(33)15-14-26-29-24-9-7-6-8-22(24)28(34)30(26)4/h6-13,16H,5,14-15,17H2,1-4H3. The number of carbonyl (C=O) groups is 2. The smallest absolute Gasteiger partial charge is 0.306 e. The number of ketones is 1. The molecule has 0 amide bonds. The molecule has 2 aromatic carbocycles. The maximum Gasteiger partial charge on any atom is 0.306 e. The van der Waals surface area contributed by atoms with Gasteiger partial charge in [-0.15, -0.1) is 0 Å². The van der Waals surface area contributed by atoms with Gasteiger partial charge in [-0.1, -0.05) is 12.1 Å². The zero-order valence-electron chi connectivity index (χ0n) is 20.9. The second-order valence-corrected chi connectivity index (χ2v) is 8.54. The van der Waals surface area contributed by atoms with Crippen molar-refractivity contribution >= 4 is 22.7 Å². The van der Waals surface area contributed by atoms with E-state index in [1.807, 2.05) is 55.7 Å². The Labute approximate surface area is 209 Å². The van der Waals surface area contributed by atoms with Crippen LogP contribution in [0.5, 0.6) is 5.75 Å². The van der Waals surface area contributed by atoms with Gasteiger partial charge in [0, 0.05) is 36.1 Å². The minimum Gasteiger partial charge on any atom is -0.494 e. The third-order valence-corrected chi connectivity index (χ3v) is 6.13. The van der Waals surface area contributed by atoms with Crippen LogP contribution >= 0.6 is 0 Å². The molecular formula is C28H29N3O5. The molecule has 2 heterocycles. The highest BCUT2D eigenvalue weighted by Crippen LogP contribution is 2.23. The molecule has 0 aliphatic carbocycles. The number of fused-ring (bicyclic) bond motifs is 1. The van der Waals surface area contributed by atoms with Gasteiger partial charge in [0.1, 0.15) is 11.6 Å². The topological polar surface area (TPSA) is 92.4 Å². The molecule has 2 aromatic heterocycles. The predicted molar refractivity (Wildman–Crippen MR) is 137 cm³/mol. The lowest BCUT2D eigenvalue weighted by atomic mass is 10.1. The number of aryl methyl sites for hydroxylation is 2. The Hall–Kier alpha value is -4.20. The first-order valence-electron chi connectivity index (χ1n) is 11.9. The number of ether oxygens (including phenoxy) is 2. The molecule has 0 radical (unpaired) electrons. The molecule has 186 valence electrons. The highest BCUT2D eigenvalue weighted by Gasteiger charge is 2.19. The van der Waals surface area contributed by atoms with E-state index in [1.54, 1.807) is 31.3 Å². The van der Waals surface area contributed by atoms with E-state index in [4.69, 9.17) is 9.47 Å². The van der Waals surface area contributed by atoms with E-state index in [2.05, 4.69) is 4.98 Å². The van der Waals surface area contributed by atoms with E-state index in [0.717, 1.165) is 22.8 Å². The van der Waals surface area contributed by atoms with Crippen LogP contribution < -0.4 is 10.3 Å². The van der Waals surface area contributed by atoms with Crippen molar-refractivity contribution in [3.8, 4) is 11.4 Å². The molecule has 0 atom stereocenters. The highest BCUT2D eigenvalue weighted by atomic mass is 16.5. The normalized spacial score (nSPS) is 11.0. The number of para-hydroxylation sites is 1. The number of carbonyl (C=O) groups excluding carboxylic acids is 2. The molecule has 0 aliphatic heterocycles. The predicted octanol–water partition coefficient (Wildman–Crippen LogP) is 4.10. The summed E-state index contributed by atoms with van der Waals surface area (Å²) in [6.07, 6.45) is 0.243. The molecule has 0 aliphatic rings. The van der Waals surface area contributed by atoms with E-state index < -0.39 is 5.97 Å². The lowest BCUT2D eigenvalue weighted by Crippen LogP contribution is -2.23. The number of nitrogens with zero attached hydrogens (tertiary/aromatic N) is 3. The molecular weight excluding hydrogens is 458 g/mol. The second-order valence-electron chi connectivity index (χ2n) is 8.54. The van der Waals surface area contributed by atoms with Crippen LogP contribution in [-0.4, -0.2) is 39.1 Å². The molecule has 4 rings (SSSR count). The van der Waals surface area contributed by atoms with Crippen LogP contribution in [0.2, 0.25) is 0 Å². The summed E-state index contributed by atoms with van der Waals surface area (Å²) >= 11 is 0. The lowest BCUT2D eigenvalue weighted by Gasteiger charge is -2.11. The molecule has 4 aromatic rings. The molecule has 0 saturated heterocycles. The summed E-state index contributed by atoms with van der Waals surface area (Å²) in [4.78, 5) is 42.3. The van der Waals surface area contributed by atoms with Gasteiger partial charge in [0.05, 0.1) is 23.9 Å². The van der Waals surface area contributed by atoms with E-state index in [1.165, 1.54) is 4.57 Å². The molecule has 0 saturated carbocycles. The quantitative estimate of drug-likeness (QED) is 0.261. The van der Waals surface area contributed by atoms with Crippen LogP contribution in [0, 0.1) is 13.8 Å². The number of aromatic nitrogens is 3. The Balaban J connectivity index is 1.39. The summed E-state index contributed by atoms with van der Waals surface area (Å²) in [5.74, 6) is 0.475. The average Bonchev–Trinajstić information content (AvgIpc) is 3.18. The molecule has 8 heteroatoms. The Bertz CT molecular complexity index is 1480. The zero-order chi connectivity index (χ0) is 25.8. The summed E-state index contributed by atoms with van der Waals surface area (Å²) in [5, 5.41) is 0.528. The van der Waals surface area contributed by atoms with E-state index in [0.29, 0.717) is 28.9 Å². The maximum absolute atomic E-state index is 12.9. The van der Waals surface area contributed by atoms with Crippen molar-refractivity contribution in [2.75, 3.05) is 13.2 Å². The molecule has 36 heavy (non-hydrogen) atoms. The Morgan fingerprint density at radius 2 is 1.75 bits per heavy atom. The van der Waals surface area contributed by atoms with E-state index in [-0.39, 0.29) is 30.8 Å². The zero-order valence-corrected chi connectivity index (χ0v) is 20.9. The lowest BCUT2D eigenvalue weighted by molar-refractivity contribution is -0.142. The van der Waals surface area contributed by atoms with E-state index >= 15 is 0 Å². The van der Waals surface area contributed by atoms with Gasteiger partial charge in [-0.3, -0.25) is 19.0 Å². The second kappa shape index (κ2) is 10.6. The van der Waals surface area contributed by atoms with Crippen molar-refractivity contribution in [2.45, 2.75) is 33.6 Å². The van der Waals surface area contributed by atoms with Gasteiger partial charge >= 0.3 is 5.97 Å². The van der Waals surface area contributed by atoms with Gasteiger partial charge in [0.25, 0.3) is 5.56 Å². The van der Waals surface area contributed by atoms with Gasteiger partial charge in [0.15, 0.2) is 6.61 Å². The summed E-state index contributed by atoms with van der Waals surface area (Å²) in [7, 11) is 1.63. The van der Waals surface area contributed by atoms with Crippen molar-refractivity contribution in [1.82, 2.24) is 14.1 Å². The minimum absolute atomic E-state index is 0.0110. The molecule has 0 bridgehead atoms. The summed E-state index contributed by atoms with van der Waals surface area (Å²) in [5.41, 5.74) is 3.51. The Kier molecular flexibility index (Phi) is 7.33. The molecule has 0 unspecified atom stereocenters. The number of esters is 1. The average molecular weight is 488 g/mol. The number of hydrogen-bond donors (Lipinski definition) is 0. The van der Waals surface area contributed by atoms with Gasteiger partial charge in [-0.2, -0.15) is 0 Å². The first kappa shape index (κ1) is 24.9. The highest BCUT2D eigenvalue weighted by molar-refractivity contribution is 5.99. The van der Waals surface area contributed by atoms with Crippen LogP contribution in [0.3, 0.4) is 0 Å². The van der Waals surface area contributed by atoms with E-state index in [9.17, 15) is 14.4 Å². The summed E-state index contributed by atoms with van der Waals surface area (Å²) in [6.45, 7) is 5.96. The Morgan fingerprint density at radius 3 is 2.47 bits per heavy atom. The van der Waals surface area contributed by atoms with Gasteiger partial charge in [-0.05, 0) is 63.2 Å². The van der Waals surface area contributed by atoms with Crippen molar-refractivity contribution in [3.63, 3.8) is 0 Å². The monoisotopic (exact) mass is 487 g/mol. The van der Waals surface area contributed by atoms with Crippen LogP contribution in [0.4, 0.5) is 0 Å². The SMILES string of the molecule is CCOc1ccc(-n2c(C)cc(C(=O)COC(=O)CCc3nc4ccccc4c(=O)n3C)c2C)cc1. The van der Waals surface area contributed by atoms with Crippen molar-refractivity contribution in [3.05, 3.63) is 87.7 Å². The number of Topliss-reactive ketones (excluding diaryl/α,β-unsaturated/α-hetero) is 1. The summed E-state index contributed by atoms with van der Waals surface area (Å²) in [6, 6.07) is 16.5. The molecule has 0 N–H and O–H groups in total. The number of hydrogen-bond acceptors (Lipinski definition) is 6. The summed E-state index contributed by atoms with van der Waals surface area (Å²) < 4.78 is 14.2. The largest absolute Gasteiger partial charge is 0.494 e. The van der Waals surface area contributed by atoms with Gasteiger partial charge in [-0.25, -0.2) is 4.98 Å². The van der Waals surface area contributed by atoms with Crippen LogP contribution in [0.15, 0.2) is 59.4 Å². The molecule has 0 fully saturated rings. The molecule has 0 spiro atoms. The van der Waals surface area contributed by atoms with Gasteiger partial charge in [0.2, 0.25) is 5.78 Å². The number of rotatable bonds is 9. The first-order valence-corrected chi connectivity index (χ1v) is 11.9. The van der Waals surface area contributed by atoms with Crippen LogP contribution in [0.25, 0.3) is 16.6 Å². The fourth-order valence-corrected chi connectivity index (χ4v) is 4.30. The van der Waals surface area contributed by atoms with Crippen LogP contribution in [0.1, 0.15) is 40.9 Å². The Morgan fingerprint density at radius 1 is 1.03 bits per heavy atom. The number of benzene rings is 2. The fraction of sp³-hybridized carbons (Fsp3) is 0.286. The third kappa shape index (κ3) is 5.07. The fourth-order valence-electron chi connectivity index (χ4n) is 4.30. The van der Waals surface area contributed by atoms with Gasteiger partial charge < -0.3 is 14.0 Å². The maximum atomic E-state index is 12.9. The first-order chi connectivity index (χ1) is 17.3. The van der Waals surface area contributed by atoms with Crippen molar-refractivity contribution < 1.29 is 19.1 Å². The van der Waals surface area contributed by atoms with Crippen molar-refractivity contribution in [2.24, 2.45) is 7.05 Å². The van der Waals surface area contributed by atoms with Crippen molar-refractivity contribution in [1.29, 1.82) is 0 Å².